The van der Waals surface area contributed by atoms with E-state index in [1.165, 1.54) is 49.2 Å². The Morgan fingerprint density at radius 3 is 2.03 bits per heavy atom. The van der Waals surface area contributed by atoms with E-state index >= 15 is 0 Å². The van der Waals surface area contributed by atoms with Gasteiger partial charge in [0, 0.05) is 5.41 Å². The average Bonchev–Trinajstić information content (AvgIpc) is 3.00. The minimum absolute atomic E-state index is 0.0297. The maximum Gasteiger partial charge on any atom is 0.504 e. The molecule has 0 unspecified atom stereocenters. The maximum atomic E-state index is 9.20. The van der Waals surface area contributed by atoms with Gasteiger partial charge in [0.1, 0.15) is 5.75 Å². The predicted molar refractivity (Wildman–Crippen MR) is 127 cm³/mol. The van der Waals surface area contributed by atoms with Gasteiger partial charge >= 0.3 is 7.69 Å². The Kier molecular flexibility index (Phi) is 3.57. The fourth-order valence-corrected chi connectivity index (χ4v) is 5.29. The molecule has 5 aromatic rings. The van der Waals surface area contributed by atoms with Crippen LogP contribution in [0.1, 0.15) is 25.0 Å². The molecule has 0 atom stereocenters. The fraction of sp³-hybridized carbons (Fsp3) is 0.111. The van der Waals surface area contributed by atoms with Crippen molar-refractivity contribution in [1.82, 2.24) is 0 Å². The summed E-state index contributed by atoms with van der Waals surface area (Å²) >= 11 is 0. The van der Waals surface area contributed by atoms with Crippen LogP contribution in [0.2, 0.25) is 0 Å². The first-order valence-corrected chi connectivity index (χ1v) is 10.4. The molecule has 30 heavy (non-hydrogen) atoms. The van der Waals surface area contributed by atoms with Crippen LogP contribution in [0.5, 0.6) is 5.75 Å². The molecule has 0 bridgehead atoms. The lowest BCUT2D eigenvalue weighted by molar-refractivity contribution is 0.454. The van der Waals surface area contributed by atoms with Crippen molar-refractivity contribution in [2.45, 2.75) is 19.3 Å². The zero-order chi connectivity index (χ0) is 20.5. The molecule has 0 amide bonds. The first-order chi connectivity index (χ1) is 14.6. The van der Waals surface area contributed by atoms with Crippen molar-refractivity contribution in [3.05, 3.63) is 90.0 Å². The summed E-state index contributed by atoms with van der Waals surface area (Å²) < 4.78 is 5.38. The molecule has 0 fully saturated rings. The largest absolute Gasteiger partial charge is 0.539 e. The van der Waals surface area contributed by atoms with Crippen LogP contribution in [0.15, 0.2) is 78.9 Å². The Morgan fingerprint density at radius 1 is 0.633 bits per heavy atom. The van der Waals surface area contributed by atoms with Gasteiger partial charge in [-0.05, 0) is 78.8 Å². The second-order valence-electron chi connectivity index (χ2n) is 8.64. The zero-order valence-corrected chi connectivity index (χ0v) is 17.1. The third kappa shape index (κ3) is 2.24. The van der Waals surface area contributed by atoms with E-state index in [1.54, 1.807) is 0 Å². The van der Waals surface area contributed by atoms with Crippen molar-refractivity contribution in [2.75, 3.05) is 0 Å². The van der Waals surface area contributed by atoms with Crippen molar-refractivity contribution in [1.29, 1.82) is 0 Å². The third-order valence-electron chi connectivity index (χ3n) is 6.74. The number of rotatable bonds is 2. The summed E-state index contributed by atoms with van der Waals surface area (Å²) in [5.41, 5.74) is 5.42. The zero-order valence-electron chi connectivity index (χ0n) is 17.1. The van der Waals surface area contributed by atoms with E-state index in [0.29, 0.717) is 5.75 Å². The molecule has 0 heterocycles. The number of hydrogen-bond donors (Lipinski definition) is 1. The van der Waals surface area contributed by atoms with Gasteiger partial charge in [0.2, 0.25) is 0 Å². The predicted octanol–water partition coefficient (Wildman–Crippen LogP) is 6.09. The molecule has 6 rings (SSSR count). The summed E-state index contributed by atoms with van der Waals surface area (Å²) in [6.07, 6.45) is 0. The normalized spacial score (nSPS) is 14.1. The summed E-state index contributed by atoms with van der Waals surface area (Å²) in [7, 11) is -0.322. The monoisotopic (exact) mass is 388 g/mol. The lowest BCUT2D eigenvalue weighted by atomic mass is 9.81. The highest BCUT2D eigenvalue weighted by Gasteiger charge is 2.35. The quantitative estimate of drug-likeness (QED) is 0.293. The van der Waals surface area contributed by atoms with E-state index in [9.17, 15) is 5.02 Å². The molecule has 1 aliphatic carbocycles. The standard InChI is InChI=1S/C27H21BO2/c1-27(2)25-10-6-5-9-20(25)24-14-22-18-8-4-3-7-17(18)21-13-16(30-28-29)11-12-19(21)23(22)15-26(24)27/h3-15,28-29H,1-2H3. The highest BCUT2D eigenvalue weighted by molar-refractivity contribution is 6.26. The molecule has 0 spiro atoms. The van der Waals surface area contributed by atoms with Crippen LogP contribution in [-0.4, -0.2) is 12.7 Å². The lowest BCUT2D eigenvalue weighted by Gasteiger charge is -2.22. The van der Waals surface area contributed by atoms with Crippen LogP contribution in [0.4, 0.5) is 0 Å². The summed E-state index contributed by atoms with van der Waals surface area (Å²) in [4.78, 5) is 0. The molecule has 5 aromatic carbocycles. The van der Waals surface area contributed by atoms with Gasteiger partial charge in [0.05, 0.1) is 0 Å². The SMILES string of the molecule is CC1(C)c2ccccc2-c2cc3c4ccccc4c4cc(OBO)ccc4c3cc21. The van der Waals surface area contributed by atoms with Crippen molar-refractivity contribution >= 4 is 40.0 Å². The molecular weight excluding hydrogens is 367 g/mol. The molecule has 144 valence electrons. The Bertz CT molecular complexity index is 1480. The molecule has 1 N–H and O–H groups in total. The van der Waals surface area contributed by atoms with Crippen LogP contribution in [0, 0.1) is 0 Å². The van der Waals surface area contributed by atoms with E-state index < -0.39 is 0 Å². The van der Waals surface area contributed by atoms with Crippen molar-refractivity contribution < 1.29 is 9.68 Å². The van der Waals surface area contributed by atoms with Crippen LogP contribution in [-0.2, 0) is 5.41 Å². The number of benzene rings is 5. The summed E-state index contributed by atoms with van der Waals surface area (Å²) in [5.74, 6) is 0.684. The summed E-state index contributed by atoms with van der Waals surface area (Å²) in [6.45, 7) is 4.64. The van der Waals surface area contributed by atoms with Gasteiger partial charge < -0.3 is 9.68 Å². The average molecular weight is 388 g/mol. The Balaban J connectivity index is 1.80. The highest BCUT2D eigenvalue weighted by Crippen LogP contribution is 2.51. The molecule has 0 saturated carbocycles. The van der Waals surface area contributed by atoms with Gasteiger partial charge in [-0.2, -0.15) is 0 Å². The van der Waals surface area contributed by atoms with E-state index in [2.05, 4.69) is 80.6 Å². The Labute approximate surface area is 176 Å². The van der Waals surface area contributed by atoms with Crippen molar-refractivity contribution in [3.63, 3.8) is 0 Å². The first-order valence-electron chi connectivity index (χ1n) is 10.4. The van der Waals surface area contributed by atoms with Gasteiger partial charge in [-0.15, -0.1) is 0 Å². The Hall–Kier alpha value is -3.30. The van der Waals surface area contributed by atoms with Crippen molar-refractivity contribution in [3.8, 4) is 16.9 Å². The third-order valence-corrected chi connectivity index (χ3v) is 6.74. The molecule has 0 saturated heterocycles. The number of fused-ring (bicyclic) bond motifs is 9. The molecular formula is C27H21BO2. The summed E-state index contributed by atoms with van der Waals surface area (Å²) in [5, 5.41) is 16.6. The molecule has 0 aromatic heterocycles. The molecule has 0 aliphatic heterocycles. The maximum absolute atomic E-state index is 9.20. The number of hydrogen-bond acceptors (Lipinski definition) is 2. The topological polar surface area (TPSA) is 29.5 Å². The van der Waals surface area contributed by atoms with Crippen LogP contribution < -0.4 is 4.65 Å². The van der Waals surface area contributed by atoms with E-state index in [-0.39, 0.29) is 13.1 Å². The lowest BCUT2D eigenvalue weighted by Crippen LogP contribution is -2.14. The second-order valence-corrected chi connectivity index (χ2v) is 8.64. The van der Waals surface area contributed by atoms with Gasteiger partial charge in [-0.25, -0.2) is 0 Å². The van der Waals surface area contributed by atoms with Gasteiger partial charge in [-0.1, -0.05) is 68.4 Å². The van der Waals surface area contributed by atoms with Gasteiger partial charge in [0.15, 0.2) is 0 Å². The van der Waals surface area contributed by atoms with Crippen LogP contribution in [0.3, 0.4) is 0 Å². The smallest absolute Gasteiger partial charge is 0.504 e. The first kappa shape index (κ1) is 17.6. The van der Waals surface area contributed by atoms with Crippen LogP contribution in [0.25, 0.3) is 43.4 Å². The molecule has 1 aliphatic rings. The molecule has 2 nitrogen and oxygen atoms in total. The van der Waals surface area contributed by atoms with Gasteiger partial charge in [0.25, 0.3) is 0 Å². The molecule has 3 heteroatoms. The van der Waals surface area contributed by atoms with E-state index in [4.69, 9.17) is 4.65 Å². The fourth-order valence-electron chi connectivity index (χ4n) is 5.29. The minimum atomic E-state index is -0.322. The molecule has 0 radical (unpaired) electrons. The second kappa shape index (κ2) is 6.10. The minimum Gasteiger partial charge on any atom is -0.539 e. The van der Waals surface area contributed by atoms with E-state index in [0.717, 1.165) is 5.39 Å². The highest BCUT2D eigenvalue weighted by atomic mass is 16.5. The van der Waals surface area contributed by atoms with Crippen molar-refractivity contribution in [2.24, 2.45) is 0 Å². The van der Waals surface area contributed by atoms with E-state index in [1.807, 2.05) is 12.1 Å². The van der Waals surface area contributed by atoms with Crippen LogP contribution >= 0.6 is 0 Å². The summed E-state index contributed by atoms with van der Waals surface area (Å²) in [6, 6.07) is 28.2. The Morgan fingerprint density at radius 2 is 1.27 bits per heavy atom. The van der Waals surface area contributed by atoms with Gasteiger partial charge in [-0.3, -0.25) is 0 Å².